The number of H-pyrrole nitrogens is 1. The summed E-state index contributed by atoms with van der Waals surface area (Å²) in [5.74, 6) is -1.85. The zero-order valence-electron chi connectivity index (χ0n) is 22.0. The minimum atomic E-state index is -1.20. The summed E-state index contributed by atoms with van der Waals surface area (Å²) in [7, 11) is 1.38. The average Bonchev–Trinajstić information content (AvgIpc) is 3.32. The van der Waals surface area contributed by atoms with Crippen LogP contribution in [0.15, 0.2) is 53.5 Å². The van der Waals surface area contributed by atoms with Crippen molar-refractivity contribution >= 4 is 23.2 Å². The monoisotopic (exact) mass is 566 g/mol. The molecule has 41 heavy (non-hydrogen) atoms. The van der Waals surface area contributed by atoms with Crippen molar-refractivity contribution < 1.29 is 28.5 Å². The number of nitrogen functional groups attached to an aromatic ring is 2. The predicted molar refractivity (Wildman–Crippen MR) is 146 cm³/mol. The van der Waals surface area contributed by atoms with Crippen LogP contribution in [0.4, 0.5) is 15.8 Å². The number of nitrogens with one attached hydrogen (secondary N) is 3. The fourth-order valence-electron chi connectivity index (χ4n) is 3.92. The number of rotatable bonds is 11. The Balaban J connectivity index is 1.90. The van der Waals surface area contributed by atoms with Gasteiger partial charge in [-0.3, -0.25) is 15.2 Å². The third-order valence-electron chi connectivity index (χ3n) is 5.70. The lowest BCUT2D eigenvalue weighted by molar-refractivity contribution is -0.131. The number of carbonyl (C=O) groups is 1. The Labute approximate surface area is 232 Å². The number of amidine groups is 1. The lowest BCUT2D eigenvalue weighted by Crippen LogP contribution is -2.19. The number of aromatic nitrogens is 4. The normalized spacial score (nSPS) is 11.5. The van der Waals surface area contributed by atoms with E-state index in [-0.39, 0.29) is 70.4 Å². The fraction of sp³-hybridized carbons (Fsp3) is 0.192. The Morgan fingerprint density at radius 3 is 2.71 bits per heavy atom. The number of nitrogens with two attached hydrogens (primary N) is 2. The van der Waals surface area contributed by atoms with E-state index >= 15 is 4.39 Å². The molecule has 0 aliphatic carbocycles. The molecule has 0 fully saturated rings. The van der Waals surface area contributed by atoms with Gasteiger partial charge in [0.2, 0.25) is 0 Å². The Kier molecular flexibility index (Phi) is 8.48. The molecule has 2 heterocycles. The summed E-state index contributed by atoms with van der Waals surface area (Å²) in [4.78, 5) is 31.4. The van der Waals surface area contributed by atoms with Crippen LogP contribution in [0.25, 0.3) is 5.82 Å². The number of hydrogen-bond acceptors (Lipinski definition) is 11. The van der Waals surface area contributed by atoms with E-state index in [4.69, 9.17) is 31.1 Å². The van der Waals surface area contributed by atoms with E-state index in [2.05, 4.69) is 20.4 Å². The van der Waals surface area contributed by atoms with E-state index in [0.717, 1.165) is 4.68 Å². The zero-order chi connectivity index (χ0) is 29.7. The number of aromatic amines is 1. The molecule has 8 N–H and O–H groups in total. The van der Waals surface area contributed by atoms with Crippen LogP contribution in [0, 0.1) is 11.2 Å². The quantitative estimate of drug-likeness (QED) is 0.0661. The number of esters is 1. The highest BCUT2D eigenvalue weighted by Gasteiger charge is 2.27. The molecular formula is C26H27FN8O6. The van der Waals surface area contributed by atoms with E-state index < -0.39 is 23.5 Å². The molecule has 1 atom stereocenters. The van der Waals surface area contributed by atoms with Gasteiger partial charge in [0, 0.05) is 36.5 Å². The Morgan fingerprint density at radius 1 is 1.27 bits per heavy atom. The molecule has 0 saturated heterocycles. The topological polar surface area (TPSA) is 216 Å². The van der Waals surface area contributed by atoms with Crippen LogP contribution >= 0.6 is 0 Å². The van der Waals surface area contributed by atoms with E-state index in [9.17, 15) is 14.7 Å². The zero-order valence-corrected chi connectivity index (χ0v) is 22.0. The highest BCUT2D eigenvalue weighted by molar-refractivity contribution is 5.98. The second-order valence-electron chi connectivity index (χ2n) is 8.54. The van der Waals surface area contributed by atoms with Crippen LogP contribution in [0.2, 0.25) is 0 Å². The molecule has 2 aromatic heterocycles. The number of nitrogens with zero attached hydrogens (tertiary/aromatic N) is 3. The van der Waals surface area contributed by atoms with Crippen LogP contribution in [0.3, 0.4) is 0 Å². The summed E-state index contributed by atoms with van der Waals surface area (Å²) in [6, 6.07) is 8.96. The van der Waals surface area contributed by atoms with Crippen molar-refractivity contribution in [1.82, 2.24) is 19.7 Å². The van der Waals surface area contributed by atoms with Crippen molar-refractivity contribution in [3.8, 4) is 23.1 Å². The number of methoxy groups -OCH3 is 1. The molecule has 2 aromatic carbocycles. The van der Waals surface area contributed by atoms with Crippen molar-refractivity contribution in [2.75, 3.05) is 31.4 Å². The highest BCUT2D eigenvalue weighted by Crippen LogP contribution is 2.36. The molecule has 1 unspecified atom stereocenters. The predicted octanol–water partition coefficient (Wildman–Crippen LogP) is 1.47. The van der Waals surface area contributed by atoms with Crippen LogP contribution in [-0.2, 0) is 4.79 Å². The van der Waals surface area contributed by atoms with Crippen LogP contribution in [0.1, 0.15) is 29.9 Å². The molecule has 4 rings (SSSR count). The van der Waals surface area contributed by atoms with Crippen LogP contribution in [0.5, 0.6) is 17.2 Å². The van der Waals surface area contributed by atoms with E-state index in [0.29, 0.717) is 0 Å². The van der Waals surface area contributed by atoms with Gasteiger partial charge >= 0.3 is 11.7 Å². The molecule has 214 valence electrons. The number of pyridine rings is 1. The number of ether oxygens (including phenoxy) is 3. The third-order valence-corrected chi connectivity index (χ3v) is 5.70. The second kappa shape index (κ2) is 12.2. The van der Waals surface area contributed by atoms with Crippen molar-refractivity contribution in [2.45, 2.75) is 13.0 Å². The largest absolute Gasteiger partial charge is 0.497 e. The Morgan fingerprint density at radius 2 is 2.05 bits per heavy atom. The van der Waals surface area contributed by atoms with Crippen LogP contribution < -0.4 is 36.7 Å². The standard InChI is InChI=1S/C26H27FN8O6/c1-13(37)41-19-10-14(5-6-16(19)23(29)30)32-22(17-11-15(39-2)12-20(21(17)27)40-9-8-36)24-33-26(38)35(34-24)25-18(28)4-3-7-31-25/h3-7,10-12,22,32,36H,8-9,28H2,1-2H3,(H3,29,30)(H,33,34,38). The smallest absolute Gasteiger partial charge is 0.349 e. The van der Waals surface area contributed by atoms with Crippen molar-refractivity contribution in [2.24, 2.45) is 5.73 Å². The third kappa shape index (κ3) is 6.25. The molecule has 0 radical (unpaired) electrons. The second-order valence-corrected chi connectivity index (χ2v) is 8.54. The number of halogens is 1. The van der Waals surface area contributed by atoms with Gasteiger partial charge in [0.05, 0.1) is 25.0 Å². The van der Waals surface area contributed by atoms with E-state index in [1.165, 1.54) is 50.6 Å². The number of hydrogen-bond donors (Lipinski definition) is 6. The molecule has 0 bridgehead atoms. The number of carbonyl (C=O) groups excluding carboxylic acids is 1. The van der Waals surface area contributed by atoms with Crippen LogP contribution in [-0.4, -0.2) is 57.0 Å². The summed E-state index contributed by atoms with van der Waals surface area (Å²) in [6.07, 6.45) is 1.43. The molecule has 0 aliphatic heterocycles. The Bertz CT molecular complexity index is 1650. The highest BCUT2D eigenvalue weighted by atomic mass is 19.1. The first kappa shape index (κ1) is 28.6. The van der Waals surface area contributed by atoms with Gasteiger partial charge in [-0.05, 0) is 30.3 Å². The van der Waals surface area contributed by atoms with Crippen molar-refractivity contribution in [1.29, 1.82) is 5.41 Å². The van der Waals surface area contributed by atoms with Gasteiger partial charge in [-0.15, -0.1) is 5.10 Å². The average molecular weight is 567 g/mol. The van der Waals surface area contributed by atoms with Gasteiger partial charge in [0.1, 0.15) is 30.0 Å². The maximum Gasteiger partial charge on any atom is 0.349 e. The number of benzene rings is 2. The summed E-state index contributed by atoms with van der Waals surface area (Å²) in [5.41, 5.74) is 11.5. The lowest BCUT2D eigenvalue weighted by atomic mass is 10.0. The van der Waals surface area contributed by atoms with Gasteiger partial charge in [-0.25, -0.2) is 14.2 Å². The van der Waals surface area contributed by atoms with E-state index in [1.807, 2.05) is 0 Å². The maximum absolute atomic E-state index is 15.9. The van der Waals surface area contributed by atoms with Gasteiger partial charge in [0.25, 0.3) is 0 Å². The maximum atomic E-state index is 15.9. The SMILES string of the molecule is COc1cc(OCCO)c(F)c(C(Nc2ccc(C(=N)N)c(OC(C)=O)c2)c2nn(-c3ncccc3N)c(=O)[nH]2)c1. The minimum absolute atomic E-state index is 0.0212. The summed E-state index contributed by atoms with van der Waals surface area (Å²) in [6.45, 7) is 0.635. The first-order chi connectivity index (χ1) is 19.6. The van der Waals surface area contributed by atoms with Gasteiger partial charge in [0.15, 0.2) is 23.2 Å². The first-order valence-electron chi connectivity index (χ1n) is 12.1. The number of aliphatic hydroxyl groups excluding tert-OH is 1. The van der Waals surface area contributed by atoms with Gasteiger partial charge in [-0.2, -0.15) is 4.68 Å². The lowest BCUT2D eigenvalue weighted by Gasteiger charge is -2.21. The van der Waals surface area contributed by atoms with Crippen molar-refractivity contribution in [3.63, 3.8) is 0 Å². The number of anilines is 2. The van der Waals surface area contributed by atoms with Gasteiger partial charge in [-0.1, -0.05) is 0 Å². The molecule has 0 spiro atoms. The molecule has 15 heteroatoms. The molecular weight excluding hydrogens is 539 g/mol. The molecule has 14 nitrogen and oxygen atoms in total. The summed E-state index contributed by atoms with van der Waals surface area (Å²) < 4.78 is 32.7. The fourth-order valence-corrected chi connectivity index (χ4v) is 3.92. The van der Waals surface area contributed by atoms with E-state index in [1.54, 1.807) is 12.1 Å². The summed E-state index contributed by atoms with van der Waals surface area (Å²) in [5, 5.41) is 24.4. The minimum Gasteiger partial charge on any atom is -0.497 e. The first-order valence-corrected chi connectivity index (χ1v) is 12.1. The molecule has 4 aromatic rings. The number of aliphatic hydroxyl groups is 1. The molecule has 0 aliphatic rings. The Hall–Kier alpha value is -5.44. The molecule has 0 saturated carbocycles. The summed E-state index contributed by atoms with van der Waals surface area (Å²) >= 11 is 0. The van der Waals surface area contributed by atoms with Gasteiger partial charge < -0.3 is 36.1 Å². The molecule has 0 amide bonds. The van der Waals surface area contributed by atoms with Crippen molar-refractivity contribution in [3.05, 3.63) is 81.9 Å².